The van der Waals surface area contributed by atoms with E-state index in [2.05, 4.69) is 0 Å². The summed E-state index contributed by atoms with van der Waals surface area (Å²) in [7, 11) is 0. The van der Waals surface area contributed by atoms with Gasteiger partial charge in [0.05, 0.1) is 6.26 Å². The Balaban J connectivity index is 0. The van der Waals surface area contributed by atoms with Gasteiger partial charge in [0.15, 0.2) is 0 Å². The normalized spacial score (nSPS) is 5.75. The van der Waals surface area contributed by atoms with E-state index >= 15 is 0 Å². The lowest BCUT2D eigenvalue weighted by Crippen LogP contribution is -1.48. The summed E-state index contributed by atoms with van der Waals surface area (Å²) < 4.78 is 4.83. The van der Waals surface area contributed by atoms with Crippen LogP contribution < -0.4 is 0 Å². The molecule has 0 aliphatic rings. The summed E-state index contributed by atoms with van der Waals surface area (Å²) in [5.74, 6) is 0.968. The second-order valence-corrected chi connectivity index (χ2v) is 1.43. The van der Waals surface area contributed by atoms with Crippen molar-refractivity contribution < 1.29 is 14.0 Å². The van der Waals surface area contributed by atoms with Crippen LogP contribution in [0.25, 0.3) is 0 Å². The third-order valence-corrected chi connectivity index (χ3v) is 0.663. The zero-order valence-corrected chi connectivity index (χ0v) is 6.46. The summed E-state index contributed by atoms with van der Waals surface area (Å²) in [6.07, 6.45) is 3.16. The number of isocyanates is 2. The molecule has 0 aliphatic heterocycles. The van der Waals surface area contributed by atoms with Crippen LogP contribution in [0.15, 0.2) is 22.8 Å². The molecule has 0 saturated heterocycles. The van der Waals surface area contributed by atoms with E-state index in [4.69, 9.17) is 24.8 Å². The van der Waals surface area contributed by atoms with Gasteiger partial charge < -0.3 is 4.42 Å². The largest absolute Gasteiger partial charge is 0.470 e. The Kier molecular flexibility index (Phi) is 12.5. The lowest BCUT2D eigenvalue weighted by Gasteiger charge is -1.69. The Morgan fingerprint density at radius 2 is 1.75 bits per heavy atom. The lowest BCUT2D eigenvalue weighted by molar-refractivity contribution is 0.534. The summed E-state index contributed by atoms with van der Waals surface area (Å²) in [6, 6.07) is 3.79. The molecule has 0 saturated carbocycles. The molecule has 0 aliphatic carbocycles. The van der Waals surface area contributed by atoms with Crippen LogP contribution in [-0.4, -0.2) is 12.2 Å². The summed E-state index contributed by atoms with van der Waals surface area (Å²) in [5, 5.41) is 10.8. The summed E-state index contributed by atoms with van der Waals surface area (Å²) >= 11 is 0. The first-order valence-electron chi connectivity index (χ1n) is 2.80. The molecule has 1 aromatic rings. The van der Waals surface area contributed by atoms with Gasteiger partial charge in [0.25, 0.3) is 0 Å². The topological polar surface area (TPSA) is 95.0 Å². The average molecular weight is 168 g/mol. The first-order chi connectivity index (χ1) is 5.72. The van der Waals surface area contributed by atoms with E-state index in [0.29, 0.717) is 0 Å². The van der Waals surface area contributed by atoms with Crippen LogP contribution in [0.1, 0.15) is 5.76 Å². The van der Waals surface area contributed by atoms with Crippen LogP contribution in [0.3, 0.4) is 0 Å². The van der Waals surface area contributed by atoms with E-state index < -0.39 is 0 Å². The highest BCUT2D eigenvalue weighted by Gasteiger charge is 1.75. The van der Waals surface area contributed by atoms with Crippen molar-refractivity contribution in [1.29, 1.82) is 10.8 Å². The average Bonchev–Trinajstić information content (AvgIpc) is 2.43. The van der Waals surface area contributed by atoms with E-state index in [9.17, 15) is 0 Å². The molecule has 1 rings (SSSR count). The highest BCUT2D eigenvalue weighted by Crippen LogP contribution is 1.93. The molecule has 0 radical (unpaired) electrons. The smallest absolute Gasteiger partial charge is 0.231 e. The zero-order valence-electron chi connectivity index (χ0n) is 6.46. The van der Waals surface area contributed by atoms with Gasteiger partial charge >= 0.3 is 0 Å². The molecular formula is C7H8N2O3. The van der Waals surface area contributed by atoms with E-state index in [1.165, 1.54) is 0 Å². The molecule has 1 aromatic heterocycles. The van der Waals surface area contributed by atoms with E-state index in [-0.39, 0.29) is 0 Å². The minimum absolute atomic E-state index is 0.750. The molecule has 0 aromatic carbocycles. The second kappa shape index (κ2) is 11.8. The standard InChI is InChI=1S/C5H6O.2CHNO/c1-5-3-2-4-6-5;2*2-1-3/h2-4H,1H3;2*2H. The number of aryl methyl sites for hydroxylation is 1. The van der Waals surface area contributed by atoms with Crippen LogP contribution in [0.5, 0.6) is 0 Å². The fourth-order valence-electron chi connectivity index (χ4n) is 0.361. The Morgan fingerprint density at radius 1 is 1.33 bits per heavy atom. The Labute approximate surface area is 69.0 Å². The molecule has 0 unspecified atom stereocenters. The number of rotatable bonds is 0. The van der Waals surface area contributed by atoms with E-state index in [0.717, 1.165) is 17.9 Å². The van der Waals surface area contributed by atoms with Gasteiger partial charge in [-0.1, -0.05) is 0 Å². The fourth-order valence-corrected chi connectivity index (χ4v) is 0.361. The molecule has 5 nitrogen and oxygen atoms in total. The zero-order chi connectivity index (χ0) is 9.82. The minimum atomic E-state index is 0.750. The molecule has 2 N–H and O–H groups in total. The SMILES string of the molecule is Cc1ccco1.N=C=O.N=C=O. The Morgan fingerprint density at radius 3 is 1.83 bits per heavy atom. The monoisotopic (exact) mass is 168 g/mol. The molecule has 0 fully saturated rings. The van der Waals surface area contributed by atoms with E-state index in [1.54, 1.807) is 6.26 Å². The number of furan rings is 1. The van der Waals surface area contributed by atoms with Gasteiger partial charge in [0.1, 0.15) is 5.76 Å². The van der Waals surface area contributed by atoms with Crippen LogP contribution in [0.2, 0.25) is 0 Å². The van der Waals surface area contributed by atoms with Crippen molar-refractivity contribution in [2.75, 3.05) is 0 Å². The van der Waals surface area contributed by atoms with Crippen molar-refractivity contribution >= 4 is 12.2 Å². The first-order valence-corrected chi connectivity index (χ1v) is 2.80. The third-order valence-electron chi connectivity index (χ3n) is 0.663. The van der Waals surface area contributed by atoms with Crippen LogP contribution in [-0.2, 0) is 9.59 Å². The van der Waals surface area contributed by atoms with Gasteiger partial charge in [0.2, 0.25) is 12.2 Å². The molecule has 0 spiro atoms. The maximum absolute atomic E-state index is 8.35. The molecule has 0 amide bonds. The predicted molar refractivity (Wildman–Crippen MR) is 40.3 cm³/mol. The van der Waals surface area contributed by atoms with Crippen molar-refractivity contribution in [2.24, 2.45) is 0 Å². The summed E-state index contributed by atoms with van der Waals surface area (Å²) in [5.41, 5.74) is 0. The van der Waals surface area contributed by atoms with Crippen molar-refractivity contribution in [1.82, 2.24) is 0 Å². The fraction of sp³-hybridized carbons (Fsp3) is 0.143. The van der Waals surface area contributed by atoms with E-state index in [1.807, 2.05) is 19.1 Å². The second-order valence-electron chi connectivity index (χ2n) is 1.43. The van der Waals surface area contributed by atoms with Crippen LogP contribution in [0.4, 0.5) is 0 Å². The quantitative estimate of drug-likeness (QED) is 0.452. The number of hydrogen-bond donors (Lipinski definition) is 2. The predicted octanol–water partition coefficient (Wildman–Crippen LogP) is 1.39. The molecule has 12 heavy (non-hydrogen) atoms. The maximum atomic E-state index is 8.35. The molecular weight excluding hydrogens is 160 g/mol. The first kappa shape index (κ1) is 12.7. The molecule has 0 bridgehead atoms. The van der Waals surface area contributed by atoms with Crippen molar-refractivity contribution in [3.8, 4) is 0 Å². The van der Waals surface area contributed by atoms with Gasteiger partial charge in [0, 0.05) is 0 Å². The van der Waals surface area contributed by atoms with Crippen LogP contribution >= 0.6 is 0 Å². The third kappa shape index (κ3) is 15.7. The van der Waals surface area contributed by atoms with Gasteiger partial charge in [-0.3, -0.25) is 0 Å². The summed E-state index contributed by atoms with van der Waals surface area (Å²) in [6.45, 7) is 1.92. The highest BCUT2D eigenvalue weighted by atomic mass is 16.3. The van der Waals surface area contributed by atoms with Crippen LogP contribution in [0, 0.1) is 17.7 Å². The number of hydrogen-bond acceptors (Lipinski definition) is 5. The molecule has 1 heterocycles. The minimum Gasteiger partial charge on any atom is -0.470 e. The summed E-state index contributed by atoms with van der Waals surface area (Å²) in [4.78, 5) is 16.7. The molecule has 64 valence electrons. The lowest BCUT2D eigenvalue weighted by atomic mass is 10.5. The van der Waals surface area contributed by atoms with Crippen molar-refractivity contribution in [2.45, 2.75) is 6.92 Å². The number of nitrogens with one attached hydrogen (secondary N) is 2. The molecule has 0 atom stereocenters. The molecule has 5 heteroatoms. The van der Waals surface area contributed by atoms with Gasteiger partial charge in [-0.15, -0.1) is 0 Å². The van der Waals surface area contributed by atoms with Crippen molar-refractivity contribution in [3.05, 3.63) is 24.2 Å². The Bertz CT molecular complexity index is 230. The van der Waals surface area contributed by atoms with Gasteiger partial charge in [-0.25, -0.2) is 20.4 Å². The van der Waals surface area contributed by atoms with Gasteiger partial charge in [-0.05, 0) is 19.1 Å². The highest BCUT2D eigenvalue weighted by molar-refractivity contribution is 5.26. The van der Waals surface area contributed by atoms with Gasteiger partial charge in [-0.2, -0.15) is 0 Å². The van der Waals surface area contributed by atoms with Crippen molar-refractivity contribution in [3.63, 3.8) is 0 Å². The Hall–Kier alpha value is -1.96. The number of carbonyl (C=O) groups excluding carboxylic acids is 2. The maximum Gasteiger partial charge on any atom is 0.231 e.